The third kappa shape index (κ3) is 2.96. The van der Waals surface area contributed by atoms with Gasteiger partial charge < -0.3 is 9.84 Å². The van der Waals surface area contributed by atoms with Crippen LogP contribution < -0.4 is 0 Å². The SMILES string of the molecule is OC1CCC(CCCC2CCO2)CC1. The van der Waals surface area contributed by atoms with Crippen molar-refractivity contribution in [3.05, 3.63) is 0 Å². The Morgan fingerprint density at radius 1 is 1.00 bits per heavy atom. The van der Waals surface area contributed by atoms with E-state index in [4.69, 9.17) is 4.74 Å². The van der Waals surface area contributed by atoms with E-state index in [0.29, 0.717) is 6.10 Å². The van der Waals surface area contributed by atoms with Crippen LogP contribution >= 0.6 is 0 Å². The summed E-state index contributed by atoms with van der Waals surface area (Å²) >= 11 is 0. The molecule has 2 rings (SSSR count). The molecule has 2 fully saturated rings. The smallest absolute Gasteiger partial charge is 0.0597 e. The van der Waals surface area contributed by atoms with Gasteiger partial charge in [0.1, 0.15) is 0 Å². The molecule has 1 heterocycles. The first-order valence-corrected chi connectivity index (χ1v) is 6.14. The Morgan fingerprint density at radius 3 is 2.29 bits per heavy atom. The summed E-state index contributed by atoms with van der Waals surface area (Å²) < 4.78 is 5.40. The van der Waals surface area contributed by atoms with Crippen LogP contribution in [-0.4, -0.2) is 23.9 Å². The number of ether oxygens (including phenoxy) is 1. The van der Waals surface area contributed by atoms with Crippen molar-refractivity contribution >= 4 is 0 Å². The van der Waals surface area contributed by atoms with Crippen LogP contribution in [0.4, 0.5) is 0 Å². The molecule has 1 aliphatic heterocycles. The highest BCUT2D eigenvalue weighted by Gasteiger charge is 2.21. The largest absolute Gasteiger partial charge is 0.393 e. The van der Waals surface area contributed by atoms with Gasteiger partial charge in [-0.05, 0) is 44.4 Å². The number of aliphatic hydroxyl groups is 1. The fourth-order valence-electron chi connectivity index (χ4n) is 2.58. The highest BCUT2D eigenvalue weighted by Crippen LogP contribution is 2.29. The summed E-state index contributed by atoms with van der Waals surface area (Å²) in [5.74, 6) is 0.887. The van der Waals surface area contributed by atoms with Gasteiger partial charge in [0, 0.05) is 6.61 Å². The molecule has 82 valence electrons. The van der Waals surface area contributed by atoms with Crippen molar-refractivity contribution in [2.45, 2.75) is 63.6 Å². The van der Waals surface area contributed by atoms with Crippen LogP contribution in [0.5, 0.6) is 0 Å². The summed E-state index contributed by atoms with van der Waals surface area (Å²) in [6, 6.07) is 0. The maximum Gasteiger partial charge on any atom is 0.0597 e. The lowest BCUT2D eigenvalue weighted by atomic mass is 9.84. The summed E-state index contributed by atoms with van der Waals surface area (Å²) in [4.78, 5) is 0. The van der Waals surface area contributed by atoms with E-state index < -0.39 is 0 Å². The van der Waals surface area contributed by atoms with E-state index in [1.54, 1.807) is 0 Å². The predicted molar refractivity (Wildman–Crippen MR) is 56.2 cm³/mol. The van der Waals surface area contributed by atoms with Crippen molar-refractivity contribution in [2.24, 2.45) is 5.92 Å². The monoisotopic (exact) mass is 198 g/mol. The summed E-state index contributed by atoms with van der Waals surface area (Å²) in [5, 5.41) is 9.37. The minimum atomic E-state index is 0.00113. The van der Waals surface area contributed by atoms with E-state index in [9.17, 15) is 5.11 Å². The molecule has 1 atom stereocenters. The molecule has 0 aromatic heterocycles. The number of hydrogen-bond acceptors (Lipinski definition) is 2. The number of hydrogen-bond donors (Lipinski definition) is 1. The molecule has 1 saturated carbocycles. The molecule has 2 heteroatoms. The second-order valence-electron chi connectivity index (χ2n) is 4.89. The maximum atomic E-state index is 9.37. The average Bonchev–Trinajstić information content (AvgIpc) is 2.12. The standard InChI is InChI=1S/C12H22O2/c13-11-6-4-10(5-7-11)2-1-3-12-8-9-14-12/h10-13H,1-9H2. The normalized spacial score (nSPS) is 37.9. The molecule has 1 N–H and O–H groups in total. The van der Waals surface area contributed by atoms with Crippen molar-refractivity contribution in [1.82, 2.24) is 0 Å². The zero-order valence-electron chi connectivity index (χ0n) is 8.95. The van der Waals surface area contributed by atoms with Gasteiger partial charge in [-0.25, -0.2) is 0 Å². The molecule has 0 aromatic rings. The van der Waals surface area contributed by atoms with Gasteiger partial charge in [0.25, 0.3) is 0 Å². The van der Waals surface area contributed by atoms with Gasteiger partial charge in [0.15, 0.2) is 0 Å². The molecular weight excluding hydrogens is 176 g/mol. The highest BCUT2D eigenvalue weighted by atomic mass is 16.5. The fraction of sp³-hybridized carbons (Fsp3) is 1.00. The Hall–Kier alpha value is -0.0800. The first kappa shape index (κ1) is 10.4. The third-order valence-corrected chi connectivity index (χ3v) is 3.75. The third-order valence-electron chi connectivity index (χ3n) is 3.75. The van der Waals surface area contributed by atoms with Gasteiger partial charge in [-0.3, -0.25) is 0 Å². The average molecular weight is 198 g/mol. The van der Waals surface area contributed by atoms with Crippen LogP contribution in [0.1, 0.15) is 51.4 Å². The highest BCUT2D eigenvalue weighted by molar-refractivity contribution is 4.73. The van der Waals surface area contributed by atoms with Gasteiger partial charge in [-0.15, -0.1) is 0 Å². The topological polar surface area (TPSA) is 29.5 Å². The van der Waals surface area contributed by atoms with Gasteiger partial charge in [0.05, 0.1) is 12.2 Å². The van der Waals surface area contributed by atoms with Gasteiger partial charge in [0.2, 0.25) is 0 Å². The number of rotatable bonds is 4. The van der Waals surface area contributed by atoms with Crippen LogP contribution in [-0.2, 0) is 4.74 Å². The molecule has 0 bridgehead atoms. The van der Waals surface area contributed by atoms with Gasteiger partial charge >= 0.3 is 0 Å². The Kier molecular flexibility index (Phi) is 3.82. The summed E-state index contributed by atoms with van der Waals surface area (Å²) in [7, 11) is 0. The van der Waals surface area contributed by atoms with Crippen LogP contribution in [0.25, 0.3) is 0 Å². The number of aliphatic hydroxyl groups excluding tert-OH is 1. The second kappa shape index (κ2) is 5.13. The first-order chi connectivity index (χ1) is 6.84. The van der Waals surface area contributed by atoms with E-state index in [2.05, 4.69) is 0 Å². The lowest BCUT2D eigenvalue weighted by molar-refractivity contribution is -0.0562. The Morgan fingerprint density at radius 2 is 1.71 bits per heavy atom. The minimum absolute atomic E-state index is 0.00113. The van der Waals surface area contributed by atoms with Crippen LogP contribution in [0.3, 0.4) is 0 Å². The summed E-state index contributed by atoms with van der Waals surface area (Å²) in [5.41, 5.74) is 0. The van der Waals surface area contributed by atoms with Crippen molar-refractivity contribution in [2.75, 3.05) is 6.61 Å². The maximum absolute atomic E-state index is 9.37. The summed E-state index contributed by atoms with van der Waals surface area (Å²) in [6.07, 6.45) is 10.4. The molecule has 0 amide bonds. The molecule has 2 nitrogen and oxygen atoms in total. The molecule has 1 unspecified atom stereocenters. The quantitative estimate of drug-likeness (QED) is 0.752. The Bertz CT molecular complexity index is 158. The lowest BCUT2D eigenvalue weighted by Gasteiger charge is -2.28. The molecule has 0 radical (unpaired) electrons. The van der Waals surface area contributed by atoms with Crippen LogP contribution in [0.2, 0.25) is 0 Å². The van der Waals surface area contributed by atoms with Crippen molar-refractivity contribution in [3.63, 3.8) is 0 Å². The molecule has 1 aliphatic carbocycles. The molecule has 0 spiro atoms. The zero-order valence-corrected chi connectivity index (χ0v) is 8.95. The second-order valence-corrected chi connectivity index (χ2v) is 4.89. The van der Waals surface area contributed by atoms with Crippen LogP contribution in [0.15, 0.2) is 0 Å². The summed E-state index contributed by atoms with van der Waals surface area (Å²) in [6.45, 7) is 0.986. The van der Waals surface area contributed by atoms with Crippen molar-refractivity contribution in [3.8, 4) is 0 Å². The fourth-order valence-corrected chi connectivity index (χ4v) is 2.58. The van der Waals surface area contributed by atoms with E-state index in [0.717, 1.165) is 25.4 Å². The van der Waals surface area contributed by atoms with E-state index in [-0.39, 0.29) is 6.10 Å². The van der Waals surface area contributed by atoms with Crippen LogP contribution in [0, 0.1) is 5.92 Å². The predicted octanol–water partition coefficient (Wildman–Crippen LogP) is 2.50. The van der Waals surface area contributed by atoms with Gasteiger partial charge in [-0.2, -0.15) is 0 Å². The van der Waals surface area contributed by atoms with E-state index in [1.165, 1.54) is 38.5 Å². The van der Waals surface area contributed by atoms with Crippen molar-refractivity contribution in [1.29, 1.82) is 0 Å². The Balaban J connectivity index is 1.52. The van der Waals surface area contributed by atoms with E-state index >= 15 is 0 Å². The minimum Gasteiger partial charge on any atom is -0.393 e. The lowest BCUT2D eigenvalue weighted by Crippen LogP contribution is -2.26. The molecular formula is C12H22O2. The molecule has 2 aliphatic rings. The molecule has 14 heavy (non-hydrogen) atoms. The zero-order chi connectivity index (χ0) is 9.80. The van der Waals surface area contributed by atoms with Gasteiger partial charge in [-0.1, -0.05) is 12.8 Å². The Labute approximate surface area is 86.6 Å². The first-order valence-electron chi connectivity index (χ1n) is 6.14. The van der Waals surface area contributed by atoms with E-state index in [1.807, 2.05) is 0 Å². The molecule has 1 saturated heterocycles. The van der Waals surface area contributed by atoms with Crippen molar-refractivity contribution < 1.29 is 9.84 Å². The molecule has 0 aromatic carbocycles.